The summed E-state index contributed by atoms with van der Waals surface area (Å²) >= 11 is 0. The van der Waals surface area contributed by atoms with E-state index >= 15 is 0 Å². The van der Waals surface area contributed by atoms with Crippen LogP contribution in [-0.2, 0) is 9.53 Å². The Kier molecular flexibility index (Phi) is 9.64. The van der Waals surface area contributed by atoms with Crippen molar-refractivity contribution in [2.24, 2.45) is 0 Å². The maximum absolute atomic E-state index is 10.9. The second-order valence-electron chi connectivity index (χ2n) is 5.23. The van der Waals surface area contributed by atoms with Crippen LogP contribution in [0.2, 0.25) is 0 Å². The van der Waals surface area contributed by atoms with Crippen molar-refractivity contribution in [2.75, 3.05) is 0 Å². The molecule has 2 heteroatoms. The number of allylic oxidation sites excluding steroid dienone is 6. The first-order chi connectivity index (χ1) is 9.83. The van der Waals surface area contributed by atoms with Crippen molar-refractivity contribution in [3.05, 3.63) is 36.5 Å². The number of hydrogen-bond donors (Lipinski definition) is 0. The molecule has 0 aromatic carbocycles. The monoisotopic (exact) mass is 276 g/mol. The fraction of sp³-hybridized carbons (Fsp3) is 0.611. The van der Waals surface area contributed by atoms with Crippen molar-refractivity contribution in [1.29, 1.82) is 0 Å². The van der Waals surface area contributed by atoms with E-state index in [4.69, 9.17) is 4.74 Å². The van der Waals surface area contributed by atoms with Gasteiger partial charge in [-0.05, 0) is 51.4 Å². The summed E-state index contributed by atoms with van der Waals surface area (Å²) in [5.41, 5.74) is 0. The van der Waals surface area contributed by atoms with E-state index in [1.54, 1.807) is 0 Å². The normalized spacial score (nSPS) is 19.6. The van der Waals surface area contributed by atoms with Crippen molar-refractivity contribution in [3.8, 4) is 0 Å². The van der Waals surface area contributed by atoms with E-state index < -0.39 is 0 Å². The molecule has 0 aromatic heterocycles. The number of rotatable bonds is 10. The van der Waals surface area contributed by atoms with Gasteiger partial charge in [-0.25, -0.2) is 0 Å². The molecule has 1 aliphatic heterocycles. The van der Waals surface area contributed by atoms with Crippen LogP contribution in [0, 0.1) is 0 Å². The van der Waals surface area contributed by atoms with Crippen molar-refractivity contribution in [1.82, 2.24) is 0 Å². The predicted octanol–water partition coefficient (Wildman–Crippen LogP) is 5.11. The summed E-state index contributed by atoms with van der Waals surface area (Å²) in [6, 6.07) is 0. The van der Waals surface area contributed by atoms with Gasteiger partial charge in [-0.3, -0.25) is 4.79 Å². The molecular weight excluding hydrogens is 248 g/mol. The average Bonchev–Trinajstić information content (AvgIpc) is 2.86. The first kappa shape index (κ1) is 16.7. The van der Waals surface area contributed by atoms with Crippen molar-refractivity contribution >= 4 is 5.97 Å². The van der Waals surface area contributed by atoms with E-state index in [1.165, 1.54) is 6.42 Å². The van der Waals surface area contributed by atoms with Gasteiger partial charge in [0.05, 0.1) is 0 Å². The molecular formula is C18H28O2. The third-order valence-corrected chi connectivity index (χ3v) is 3.40. The lowest BCUT2D eigenvalue weighted by molar-refractivity contribution is -0.141. The van der Waals surface area contributed by atoms with E-state index in [9.17, 15) is 4.79 Å². The topological polar surface area (TPSA) is 26.3 Å². The Labute approximate surface area is 123 Å². The molecule has 1 atom stereocenters. The quantitative estimate of drug-likeness (QED) is 0.315. The summed E-state index contributed by atoms with van der Waals surface area (Å²) in [7, 11) is 0. The molecule has 1 fully saturated rings. The fourth-order valence-corrected chi connectivity index (χ4v) is 2.25. The van der Waals surface area contributed by atoms with Crippen molar-refractivity contribution in [2.45, 2.75) is 70.8 Å². The highest BCUT2D eigenvalue weighted by Crippen LogP contribution is 2.19. The molecule has 0 amide bonds. The molecule has 0 aliphatic carbocycles. The minimum absolute atomic E-state index is 0.0181. The summed E-state index contributed by atoms with van der Waals surface area (Å²) < 4.78 is 5.19. The summed E-state index contributed by atoms with van der Waals surface area (Å²) in [6.07, 6.45) is 22.7. The molecule has 0 bridgehead atoms. The Balaban J connectivity index is 1.89. The van der Waals surface area contributed by atoms with Crippen LogP contribution in [0.25, 0.3) is 0 Å². The minimum Gasteiger partial charge on any atom is -0.462 e. The molecule has 2 nitrogen and oxygen atoms in total. The van der Waals surface area contributed by atoms with Crippen LogP contribution in [-0.4, -0.2) is 12.1 Å². The Bertz CT molecular complexity index is 339. The van der Waals surface area contributed by atoms with E-state index in [2.05, 4.69) is 43.4 Å². The molecule has 1 rings (SSSR count). The Morgan fingerprint density at radius 3 is 2.40 bits per heavy atom. The summed E-state index contributed by atoms with van der Waals surface area (Å²) in [6.45, 7) is 2.15. The number of ether oxygens (including phenoxy) is 1. The van der Waals surface area contributed by atoms with Crippen LogP contribution in [0.1, 0.15) is 64.7 Å². The second-order valence-corrected chi connectivity index (χ2v) is 5.23. The fourth-order valence-electron chi connectivity index (χ4n) is 2.25. The lowest BCUT2D eigenvalue weighted by Crippen LogP contribution is -2.05. The zero-order valence-corrected chi connectivity index (χ0v) is 12.7. The van der Waals surface area contributed by atoms with E-state index in [0.717, 1.165) is 44.9 Å². The van der Waals surface area contributed by atoms with Gasteiger partial charge in [-0.2, -0.15) is 0 Å². The van der Waals surface area contributed by atoms with Gasteiger partial charge < -0.3 is 4.74 Å². The molecule has 1 heterocycles. The molecule has 0 N–H and O–H groups in total. The van der Waals surface area contributed by atoms with Crippen molar-refractivity contribution in [3.63, 3.8) is 0 Å². The van der Waals surface area contributed by atoms with Crippen LogP contribution in [0.4, 0.5) is 0 Å². The van der Waals surface area contributed by atoms with Gasteiger partial charge in [-0.15, -0.1) is 0 Å². The summed E-state index contributed by atoms with van der Waals surface area (Å²) in [4.78, 5) is 10.9. The smallest absolute Gasteiger partial charge is 0.306 e. The second kappa shape index (κ2) is 11.5. The average molecular weight is 276 g/mol. The van der Waals surface area contributed by atoms with Gasteiger partial charge in [0.2, 0.25) is 0 Å². The van der Waals surface area contributed by atoms with E-state index in [-0.39, 0.29) is 12.1 Å². The molecule has 0 aromatic rings. The lowest BCUT2D eigenvalue weighted by Gasteiger charge is -2.07. The van der Waals surface area contributed by atoms with E-state index in [1.807, 2.05) is 0 Å². The third-order valence-electron chi connectivity index (χ3n) is 3.40. The number of esters is 1. The third kappa shape index (κ3) is 8.73. The van der Waals surface area contributed by atoms with Crippen LogP contribution in [0.15, 0.2) is 36.5 Å². The number of hydrogen-bond acceptors (Lipinski definition) is 2. The first-order valence-corrected chi connectivity index (χ1v) is 7.97. The van der Waals surface area contributed by atoms with Gasteiger partial charge in [0, 0.05) is 6.42 Å². The summed E-state index contributed by atoms with van der Waals surface area (Å²) in [5.74, 6) is -0.0181. The SMILES string of the molecule is CC/C=C\C/C=C\C/C=C\CCCCC1CCC(=O)O1. The molecule has 1 unspecified atom stereocenters. The maximum atomic E-state index is 10.9. The zero-order chi connectivity index (χ0) is 14.5. The highest BCUT2D eigenvalue weighted by Gasteiger charge is 2.22. The first-order valence-electron chi connectivity index (χ1n) is 7.97. The van der Waals surface area contributed by atoms with Gasteiger partial charge in [0.1, 0.15) is 6.10 Å². The minimum atomic E-state index is -0.0181. The Hall–Kier alpha value is -1.31. The Morgan fingerprint density at radius 2 is 1.75 bits per heavy atom. The number of unbranched alkanes of at least 4 members (excludes halogenated alkanes) is 2. The molecule has 20 heavy (non-hydrogen) atoms. The number of carbonyl (C=O) groups is 1. The zero-order valence-electron chi connectivity index (χ0n) is 12.7. The van der Waals surface area contributed by atoms with Gasteiger partial charge >= 0.3 is 5.97 Å². The molecule has 0 spiro atoms. The molecule has 0 saturated carbocycles. The molecule has 1 aliphatic rings. The van der Waals surface area contributed by atoms with Crippen LogP contribution < -0.4 is 0 Å². The summed E-state index contributed by atoms with van der Waals surface area (Å²) in [5, 5.41) is 0. The number of cyclic esters (lactones) is 1. The van der Waals surface area contributed by atoms with Crippen molar-refractivity contribution < 1.29 is 9.53 Å². The van der Waals surface area contributed by atoms with Gasteiger partial charge in [0.15, 0.2) is 0 Å². The molecule has 112 valence electrons. The van der Waals surface area contributed by atoms with Crippen LogP contribution in [0.5, 0.6) is 0 Å². The largest absolute Gasteiger partial charge is 0.462 e. The van der Waals surface area contributed by atoms with Crippen LogP contribution >= 0.6 is 0 Å². The highest BCUT2D eigenvalue weighted by molar-refractivity contribution is 5.71. The van der Waals surface area contributed by atoms with Gasteiger partial charge in [-0.1, -0.05) is 43.4 Å². The van der Waals surface area contributed by atoms with Gasteiger partial charge in [0.25, 0.3) is 0 Å². The Morgan fingerprint density at radius 1 is 1.05 bits per heavy atom. The predicted molar refractivity (Wildman–Crippen MR) is 84.5 cm³/mol. The van der Waals surface area contributed by atoms with E-state index in [0.29, 0.717) is 6.42 Å². The highest BCUT2D eigenvalue weighted by atomic mass is 16.5. The molecule has 0 radical (unpaired) electrons. The van der Waals surface area contributed by atoms with Crippen LogP contribution in [0.3, 0.4) is 0 Å². The standard InChI is InChI=1S/C18H28O2/c1-2-3-4-5-6-7-8-9-10-11-12-13-14-17-15-16-18(19)20-17/h3-4,6-7,9-10,17H,2,5,8,11-16H2,1H3/b4-3-,7-6-,10-9-. The maximum Gasteiger partial charge on any atom is 0.306 e. The lowest BCUT2D eigenvalue weighted by atomic mass is 10.1. The molecule has 1 saturated heterocycles. The number of carbonyl (C=O) groups excluding carboxylic acids is 1.